The molecule has 25 heavy (non-hydrogen) atoms. The zero-order valence-electron chi connectivity index (χ0n) is 13.0. The second-order valence-corrected chi connectivity index (χ2v) is 6.49. The lowest BCUT2D eigenvalue weighted by Crippen LogP contribution is -2.15. The van der Waals surface area contributed by atoms with Gasteiger partial charge in [0, 0.05) is 21.7 Å². The first-order chi connectivity index (χ1) is 12.1. The molecule has 0 fully saturated rings. The van der Waals surface area contributed by atoms with Gasteiger partial charge >= 0.3 is 0 Å². The van der Waals surface area contributed by atoms with Crippen LogP contribution in [0.25, 0.3) is 0 Å². The zero-order chi connectivity index (χ0) is 17.6. The van der Waals surface area contributed by atoms with E-state index in [4.69, 9.17) is 11.6 Å². The van der Waals surface area contributed by atoms with Crippen molar-refractivity contribution >= 4 is 45.6 Å². The molecule has 0 saturated heterocycles. The molecule has 3 rings (SSSR count). The van der Waals surface area contributed by atoms with Crippen molar-refractivity contribution in [2.75, 3.05) is 10.6 Å². The number of carbonyl (C=O) groups is 2. The van der Waals surface area contributed by atoms with Crippen molar-refractivity contribution in [3.8, 4) is 0 Å². The number of halogens is 1. The highest BCUT2D eigenvalue weighted by molar-refractivity contribution is 7.14. The van der Waals surface area contributed by atoms with Gasteiger partial charge < -0.3 is 5.32 Å². The molecule has 0 atom stereocenters. The maximum absolute atomic E-state index is 12.1. The molecule has 0 spiro atoms. The van der Waals surface area contributed by atoms with E-state index in [1.807, 2.05) is 6.07 Å². The first kappa shape index (κ1) is 17.1. The molecule has 2 N–H and O–H groups in total. The van der Waals surface area contributed by atoms with E-state index >= 15 is 0 Å². The third-order valence-corrected chi connectivity index (χ3v) is 4.34. The number of benzene rings is 2. The topological polar surface area (TPSA) is 71.1 Å². The SMILES string of the molecule is O=C(Cc1csc(NC(=O)c2ccccc2)n1)Nc1ccc(Cl)cc1. The van der Waals surface area contributed by atoms with E-state index in [0.29, 0.717) is 27.1 Å². The second-order valence-electron chi connectivity index (χ2n) is 5.20. The molecule has 0 unspecified atom stereocenters. The first-order valence-electron chi connectivity index (χ1n) is 7.46. The van der Waals surface area contributed by atoms with Gasteiger partial charge in [-0.1, -0.05) is 29.8 Å². The molecular weight excluding hydrogens is 358 g/mol. The second kappa shape index (κ2) is 7.92. The van der Waals surface area contributed by atoms with Crippen molar-refractivity contribution in [3.05, 3.63) is 76.3 Å². The van der Waals surface area contributed by atoms with Crippen LogP contribution >= 0.6 is 22.9 Å². The summed E-state index contributed by atoms with van der Waals surface area (Å²) in [5, 5.41) is 8.32. The summed E-state index contributed by atoms with van der Waals surface area (Å²) in [4.78, 5) is 28.4. The highest BCUT2D eigenvalue weighted by atomic mass is 35.5. The molecule has 126 valence electrons. The van der Waals surface area contributed by atoms with E-state index in [-0.39, 0.29) is 18.2 Å². The highest BCUT2D eigenvalue weighted by Gasteiger charge is 2.11. The van der Waals surface area contributed by atoms with Gasteiger partial charge in [0.1, 0.15) is 0 Å². The summed E-state index contributed by atoms with van der Waals surface area (Å²) in [5.41, 5.74) is 1.82. The Bertz CT molecular complexity index is 879. The average molecular weight is 372 g/mol. The van der Waals surface area contributed by atoms with Gasteiger partial charge in [-0.05, 0) is 36.4 Å². The number of aromatic nitrogens is 1. The fraction of sp³-hybridized carbons (Fsp3) is 0.0556. The molecule has 2 amide bonds. The minimum Gasteiger partial charge on any atom is -0.326 e. The normalized spacial score (nSPS) is 10.3. The first-order valence-corrected chi connectivity index (χ1v) is 8.72. The summed E-state index contributed by atoms with van der Waals surface area (Å²) in [6, 6.07) is 15.8. The number of thiazole rings is 1. The van der Waals surface area contributed by atoms with Crippen molar-refractivity contribution in [3.63, 3.8) is 0 Å². The quantitative estimate of drug-likeness (QED) is 0.705. The third-order valence-electron chi connectivity index (χ3n) is 3.28. The molecule has 0 bridgehead atoms. The molecule has 7 heteroatoms. The van der Waals surface area contributed by atoms with E-state index < -0.39 is 0 Å². The lowest BCUT2D eigenvalue weighted by atomic mass is 10.2. The summed E-state index contributed by atoms with van der Waals surface area (Å²) in [6.07, 6.45) is 0.125. The fourth-order valence-corrected chi connectivity index (χ4v) is 2.94. The molecule has 0 aliphatic rings. The van der Waals surface area contributed by atoms with Crippen LogP contribution in [0.15, 0.2) is 60.0 Å². The summed E-state index contributed by atoms with van der Waals surface area (Å²) in [5.74, 6) is -0.416. The molecule has 0 aliphatic carbocycles. The highest BCUT2D eigenvalue weighted by Crippen LogP contribution is 2.18. The number of carbonyl (C=O) groups excluding carboxylic acids is 2. The van der Waals surface area contributed by atoms with Gasteiger partial charge in [-0.15, -0.1) is 11.3 Å². The Labute approximate surface area is 153 Å². The van der Waals surface area contributed by atoms with Gasteiger partial charge in [0.15, 0.2) is 5.13 Å². The molecule has 0 radical (unpaired) electrons. The van der Waals surface area contributed by atoms with Crippen LogP contribution in [-0.4, -0.2) is 16.8 Å². The van der Waals surface area contributed by atoms with Crippen LogP contribution in [0.2, 0.25) is 5.02 Å². The van der Waals surface area contributed by atoms with E-state index in [9.17, 15) is 9.59 Å². The van der Waals surface area contributed by atoms with Crippen LogP contribution in [0.4, 0.5) is 10.8 Å². The van der Waals surface area contributed by atoms with E-state index in [0.717, 1.165) is 0 Å². The van der Waals surface area contributed by atoms with Gasteiger partial charge in [-0.3, -0.25) is 14.9 Å². The van der Waals surface area contributed by atoms with Crippen LogP contribution in [0.3, 0.4) is 0 Å². The Morgan fingerprint density at radius 1 is 1.00 bits per heavy atom. The Hall–Kier alpha value is -2.70. The van der Waals surface area contributed by atoms with Crippen molar-refractivity contribution in [2.45, 2.75) is 6.42 Å². The largest absolute Gasteiger partial charge is 0.326 e. The maximum Gasteiger partial charge on any atom is 0.257 e. The monoisotopic (exact) mass is 371 g/mol. The summed E-state index contributed by atoms with van der Waals surface area (Å²) < 4.78 is 0. The van der Waals surface area contributed by atoms with Crippen molar-refractivity contribution in [2.24, 2.45) is 0 Å². The predicted octanol–water partition coefficient (Wildman–Crippen LogP) is 4.23. The van der Waals surface area contributed by atoms with Crippen molar-refractivity contribution in [1.29, 1.82) is 0 Å². The standard InChI is InChI=1S/C18H14ClN3O2S/c19-13-6-8-14(9-7-13)20-16(23)10-15-11-25-18(21-15)22-17(24)12-4-2-1-3-5-12/h1-9,11H,10H2,(H,20,23)(H,21,22,24). The lowest BCUT2D eigenvalue weighted by molar-refractivity contribution is -0.115. The summed E-state index contributed by atoms with van der Waals surface area (Å²) in [7, 11) is 0. The van der Waals surface area contributed by atoms with Crippen LogP contribution in [0.5, 0.6) is 0 Å². The average Bonchev–Trinajstić information content (AvgIpc) is 3.04. The number of hydrogen-bond donors (Lipinski definition) is 2. The van der Waals surface area contributed by atoms with Crippen LogP contribution < -0.4 is 10.6 Å². The molecule has 5 nitrogen and oxygen atoms in total. The third kappa shape index (κ3) is 4.89. The van der Waals surface area contributed by atoms with Crippen LogP contribution in [-0.2, 0) is 11.2 Å². The van der Waals surface area contributed by atoms with E-state index in [1.54, 1.807) is 53.9 Å². The smallest absolute Gasteiger partial charge is 0.257 e. The molecule has 1 aromatic heterocycles. The maximum atomic E-state index is 12.1. The van der Waals surface area contributed by atoms with Crippen LogP contribution in [0, 0.1) is 0 Å². The van der Waals surface area contributed by atoms with Crippen molar-refractivity contribution in [1.82, 2.24) is 4.98 Å². The number of anilines is 2. The predicted molar refractivity (Wildman–Crippen MR) is 100 cm³/mol. The number of amides is 2. The Morgan fingerprint density at radius 2 is 1.72 bits per heavy atom. The zero-order valence-corrected chi connectivity index (χ0v) is 14.6. The molecular formula is C18H14ClN3O2S. The van der Waals surface area contributed by atoms with Gasteiger partial charge in [-0.2, -0.15) is 0 Å². The minimum atomic E-state index is -0.230. The summed E-state index contributed by atoms with van der Waals surface area (Å²) in [6.45, 7) is 0. The van der Waals surface area contributed by atoms with Gasteiger partial charge in [0.25, 0.3) is 5.91 Å². The van der Waals surface area contributed by atoms with Gasteiger partial charge in [0.2, 0.25) is 5.91 Å². The van der Waals surface area contributed by atoms with Crippen molar-refractivity contribution < 1.29 is 9.59 Å². The molecule has 0 saturated carbocycles. The molecule has 2 aromatic carbocycles. The Kier molecular flexibility index (Phi) is 5.42. The Morgan fingerprint density at radius 3 is 2.44 bits per heavy atom. The van der Waals surface area contributed by atoms with E-state index in [1.165, 1.54) is 11.3 Å². The Balaban J connectivity index is 1.57. The number of rotatable bonds is 5. The van der Waals surface area contributed by atoms with Crippen LogP contribution in [0.1, 0.15) is 16.1 Å². The molecule has 1 heterocycles. The minimum absolute atomic E-state index is 0.125. The summed E-state index contributed by atoms with van der Waals surface area (Å²) >= 11 is 7.09. The van der Waals surface area contributed by atoms with Gasteiger partial charge in [-0.25, -0.2) is 4.98 Å². The number of hydrogen-bond acceptors (Lipinski definition) is 4. The lowest BCUT2D eigenvalue weighted by Gasteiger charge is -2.04. The number of nitrogens with zero attached hydrogens (tertiary/aromatic N) is 1. The fourth-order valence-electron chi connectivity index (χ4n) is 2.11. The molecule has 3 aromatic rings. The van der Waals surface area contributed by atoms with Gasteiger partial charge in [0.05, 0.1) is 12.1 Å². The molecule has 0 aliphatic heterocycles. The number of nitrogens with one attached hydrogen (secondary N) is 2. The van der Waals surface area contributed by atoms with E-state index in [2.05, 4.69) is 15.6 Å².